The molecule has 0 bridgehead atoms. The first kappa shape index (κ1) is 16.5. The van der Waals surface area contributed by atoms with E-state index in [-0.39, 0.29) is 13.5 Å². The highest BCUT2D eigenvalue weighted by Gasteiger charge is 1.88. The Morgan fingerprint density at radius 1 is 1.50 bits per heavy atom. The highest BCUT2D eigenvalue weighted by atomic mass is 16.5. The van der Waals surface area contributed by atoms with Crippen molar-refractivity contribution in [1.29, 1.82) is 0 Å². The van der Waals surface area contributed by atoms with Crippen molar-refractivity contribution in [3.8, 4) is 0 Å². The number of rotatable bonds is 3. The molecule has 0 aliphatic heterocycles. The molecule has 0 saturated carbocycles. The van der Waals surface area contributed by atoms with E-state index in [1.807, 2.05) is 13.8 Å². The second-order valence-corrected chi connectivity index (χ2v) is 1.64. The molecule has 0 spiro atoms. The van der Waals surface area contributed by atoms with Crippen LogP contribution < -0.4 is 5.73 Å². The summed E-state index contributed by atoms with van der Waals surface area (Å²) >= 11 is 0. The molecule has 1 unspecified atom stereocenters. The fourth-order valence-electron chi connectivity index (χ4n) is 0.304. The van der Waals surface area contributed by atoms with Gasteiger partial charge >= 0.3 is 0 Å². The lowest BCUT2D eigenvalue weighted by Gasteiger charge is -2.01. The summed E-state index contributed by atoms with van der Waals surface area (Å²) in [6, 6.07) is 0.181. The molecule has 0 amide bonds. The average molecular weight is 151 g/mol. The SMILES string of the molecule is C.CCOCC(C)N.CO. The Morgan fingerprint density at radius 3 is 2.00 bits per heavy atom. The predicted octanol–water partition coefficient (Wildman–Crippen LogP) is 0.615. The number of aliphatic hydroxyl groups excluding tert-OH is 1. The maximum absolute atomic E-state index is 7.00. The van der Waals surface area contributed by atoms with Gasteiger partial charge in [0, 0.05) is 19.8 Å². The Kier molecular flexibility index (Phi) is 26.2. The molecule has 3 heteroatoms. The molecule has 0 fully saturated rings. The molecule has 0 heterocycles. The zero-order chi connectivity index (χ0) is 7.70. The van der Waals surface area contributed by atoms with Gasteiger partial charge in [0.05, 0.1) is 6.61 Å². The van der Waals surface area contributed by atoms with Crippen LogP contribution in [0.15, 0.2) is 0 Å². The molecule has 0 aromatic carbocycles. The van der Waals surface area contributed by atoms with Crippen LogP contribution in [0.5, 0.6) is 0 Å². The highest BCUT2D eigenvalue weighted by molar-refractivity contribution is 4.46. The Bertz CT molecular complexity index is 40.6. The molecule has 0 aromatic rings. The summed E-state index contributed by atoms with van der Waals surface area (Å²) in [6.45, 7) is 5.33. The Labute approximate surface area is 64.2 Å². The second-order valence-electron chi connectivity index (χ2n) is 1.64. The number of aliphatic hydroxyl groups is 1. The van der Waals surface area contributed by atoms with Crippen molar-refractivity contribution < 1.29 is 9.84 Å². The van der Waals surface area contributed by atoms with Crippen molar-refractivity contribution >= 4 is 0 Å². The van der Waals surface area contributed by atoms with Crippen molar-refractivity contribution in [3.63, 3.8) is 0 Å². The summed E-state index contributed by atoms with van der Waals surface area (Å²) in [5, 5.41) is 7.00. The second kappa shape index (κ2) is 15.9. The van der Waals surface area contributed by atoms with Gasteiger partial charge in [-0.3, -0.25) is 0 Å². The molecule has 0 aliphatic carbocycles. The van der Waals surface area contributed by atoms with Crippen molar-refractivity contribution in [2.45, 2.75) is 27.3 Å². The van der Waals surface area contributed by atoms with Gasteiger partial charge in [-0.25, -0.2) is 0 Å². The number of nitrogens with two attached hydrogens (primary N) is 1. The minimum absolute atomic E-state index is 0. The number of hydrogen-bond donors (Lipinski definition) is 2. The van der Waals surface area contributed by atoms with Gasteiger partial charge in [-0.1, -0.05) is 7.43 Å². The first-order valence-corrected chi connectivity index (χ1v) is 3.05. The van der Waals surface area contributed by atoms with Gasteiger partial charge in [0.1, 0.15) is 0 Å². The van der Waals surface area contributed by atoms with Gasteiger partial charge in [-0.05, 0) is 13.8 Å². The van der Waals surface area contributed by atoms with Crippen LogP contribution in [0.1, 0.15) is 21.3 Å². The predicted molar refractivity (Wildman–Crippen MR) is 45.0 cm³/mol. The summed E-state index contributed by atoms with van der Waals surface area (Å²) in [6.07, 6.45) is 0. The van der Waals surface area contributed by atoms with Crippen LogP contribution in [-0.2, 0) is 4.74 Å². The van der Waals surface area contributed by atoms with Crippen molar-refractivity contribution in [2.24, 2.45) is 5.73 Å². The molecule has 1 atom stereocenters. The van der Waals surface area contributed by atoms with Gasteiger partial charge in [0.2, 0.25) is 0 Å². The maximum Gasteiger partial charge on any atom is 0.0614 e. The topological polar surface area (TPSA) is 55.5 Å². The molecule has 0 rings (SSSR count). The summed E-state index contributed by atoms with van der Waals surface area (Å²) in [4.78, 5) is 0. The fourth-order valence-corrected chi connectivity index (χ4v) is 0.304. The van der Waals surface area contributed by atoms with E-state index >= 15 is 0 Å². The smallest absolute Gasteiger partial charge is 0.0614 e. The molecule has 0 aliphatic rings. The van der Waals surface area contributed by atoms with E-state index in [1.54, 1.807) is 0 Å². The van der Waals surface area contributed by atoms with Gasteiger partial charge in [-0.2, -0.15) is 0 Å². The summed E-state index contributed by atoms with van der Waals surface area (Å²) in [5.74, 6) is 0. The fraction of sp³-hybridized carbons (Fsp3) is 1.00. The monoisotopic (exact) mass is 151 g/mol. The summed E-state index contributed by atoms with van der Waals surface area (Å²) in [7, 11) is 1.00. The molecule has 0 radical (unpaired) electrons. The van der Waals surface area contributed by atoms with E-state index in [0.717, 1.165) is 13.7 Å². The van der Waals surface area contributed by atoms with Crippen molar-refractivity contribution in [3.05, 3.63) is 0 Å². The van der Waals surface area contributed by atoms with E-state index in [0.29, 0.717) is 6.61 Å². The molecule has 66 valence electrons. The molecule has 0 saturated heterocycles. The first-order chi connectivity index (χ1) is 4.27. The van der Waals surface area contributed by atoms with E-state index in [9.17, 15) is 0 Å². The van der Waals surface area contributed by atoms with Crippen LogP contribution in [0.25, 0.3) is 0 Å². The van der Waals surface area contributed by atoms with Gasteiger partial charge in [-0.15, -0.1) is 0 Å². The highest BCUT2D eigenvalue weighted by Crippen LogP contribution is 1.76. The van der Waals surface area contributed by atoms with E-state index in [1.165, 1.54) is 0 Å². The largest absolute Gasteiger partial charge is 0.400 e. The summed E-state index contributed by atoms with van der Waals surface area (Å²) < 4.78 is 4.97. The Morgan fingerprint density at radius 2 is 1.90 bits per heavy atom. The van der Waals surface area contributed by atoms with Crippen molar-refractivity contribution in [1.82, 2.24) is 0 Å². The summed E-state index contributed by atoms with van der Waals surface area (Å²) in [5.41, 5.74) is 5.35. The zero-order valence-corrected chi connectivity index (χ0v) is 6.42. The Hall–Kier alpha value is -0.120. The van der Waals surface area contributed by atoms with Crippen LogP contribution >= 0.6 is 0 Å². The first-order valence-electron chi connectivity index (χ1n) is 3.05. The lowest BCUT2D eigenvalue weighted by atomic mass is 10.4. The van der Waals surface area contributed by atoms with Crippen LogP contribution in [0.2, 0.25) is 0 Å². The lowest BCUT2D eigenvalue weighted by molar-refractivity contribution is 0.137. The van der Waals surface area contributed by atoms with Gasteiger partial charge in [0.25, 0.3) is 0 Å². The van der Waals surface area contributed by atoms with E-state index in [2.05, 4.69) is 0 Å². The number of hydrogen-bond acceptors (Lipinski definition) is 3. The molecular weight excluding hydrogens is 130 g/mol. The van der Waals surface area contributed by atoms with Crippen LogP contribution in [0.3, 0.4) is 0 Å². The van der Waals surface area contributed by atoms with E-state index in [4.69, 9.17) is 15.6 Å². The van der Waals surface area contributed by atoms with Crippen molar-refractivity contribution in [2.75, 3.05) is 20.3 Å². The van der Waals surface area contributed by atoms with Crippen LogP contribution in [0, 0.1) is 0 Å². The third-order valence-electron chi connectivity index (χ3n) is 0.585. The lowest BCUT2D eigenvalue weighted by Crippen LogP contribution is -2.21. The maximum atomic E-state index is 7.00. The third-order valence-corrected chi connectivity index (χ3v) is 0.585. The quantitative estimate of drug-likeness (QED) is 0.621. The van der Waals surface area contributed by atoms with Crippen LogP contribution in [-0.4, -0.2) is 31.5 Å². The molecule has 3 nitrogen and oxygen atoms in total. The third kappa shape index (κ3) is 24.8. The zero-order valence-electron chi connectivity index (χ0n) is 6.42. The molecule has 0 aromatic heterocycles. The Balaban J connectivity index is -0.000000149. The molecular formula is C7H21NO2. The average Bonchev–Trinajstić information content (AvgIpc) is 1.88. The standard InChI is InChI=1S/C5H13NO.CH4O.CH4/c1-3-7-4-5(2)6;1-2;/h5H,3-4,6H2,1-2H3;2H,1H3;1H4. The van der Waals surface area contributed by atoms with Gasteiger partial charge < -0.3 is 15.6 Å². The molecule has 3 N–H and O–H groups in total. The minimum Gasteiger partial charge on any atom is -0.400 e. The van der Waals surface area contributed by atoms with Crippen LogP contribution in [0.4, 0.5) is 0 Å². The minimum atomic E-state index is 0. The normalized spacial score (nSPS) is 10.5. The van der Waals surface area contributed by atoms with E-state index < -0.39 is 0 Å². The number of ether oxygens (including phenoxy) is 1. The van der Waals surface area contributed by atoms with Gasteiger partial charge in [0.15, 0.2) is 0 Å². The molecule has 10 heavy (non-hydrogen) atoms.